The van der Waals surface area contributed by atoms with E-state index in [2.05, 4.69) is 10.6 Å². The summed E-state index contributed by atoms with van der Waals surface area (Å²) in [7, 11) is 0. The van der Waals surface area contributed by atoms with E-state index in [1.165, 1.54) is 38.5 Å². The number of rotatable bonds is 5. The molecule has 4 bridgehead atoms. The lowest BCUT2D eigenvalue weighted by molar-refractivity contribution is -0.121. The molecule has 124 valence electrons. The van der Waals surface area contributed by atoms with E-state index in [9.17, 15) is 4.79 Å². The van der Waals surface area contributed by atoms with Gasteiger partial charge in [0.2, 0.25) is 5.91 Å². The summed E-state index contributed by atoms with van der Waals surface area (Å²) in [5, 5.41) is 7.37. The van der Waals surface area contributed by atoms with Crippen LogP contribution in [0.5, 0.6) is 0 Å². The second-order valence-electron chi connectivity index (χ2n) is 7.95. The number of carbonyl (C=O) groups excluding carboxylic acids is 1. The van der Waals surface area contributed by atoms with Crippen molar-refractivity contribution >= 4 is 17.5 Å². The quantitative estimate of drug-likeness (QED) is 0.866. The van der Waals surface area contributed by atoms with Gasteiger partial charge in [0.25, 0.3) is 0 Å². The van der Waals surface area contributed by atoms with E-state index in [-0.39, 0.29) is 11.4 Å². The number of amides is 1. The van der Waals surface area contributed by atoms with E-state index in [0.29, 0.717) is 13.1 Å². The summed E-state index contributed by atoms with van der Waals surface area (Å²) in [5.41, 5.74) is 1.34. The van der Waals surface area contributed by atoms with Crippen molar-refractivity contribution in [2.24, 2.45) is 17.8 Å². The van der Waals surface area contributed by atoms with Gasteiger partial charge in [0.15, 0.2) is 0 Å². The average Bonchev–Trinajstić information content (AvgIpc) is 2.51. The molecule has 1 amide bonds. The Morgan fingerprint density at radius 1 is 1.04 bits per heavy atom. The fraction of sp³-hybridized carbons (Fsp3) is 0.632. The largest absolute Gasteiger partial charge is 0.351 e. The van der Waals surface area contributed by atoms with Crippen LogP contribution in [0.25, 0.3) is 0 Å². The Balaban J connectivity index is 1.27. The zero-order valence-electron chi connectivity index (χ0n) is 13.5. The molecule has 23 heavy (non-hydrogen) atoms. The van der Waals surface area contributed by atoms with Crippen LogP contribution in [-0.4, -0.2) is 18.0 Å². The Bertz CT molecular complexity index is 548. The molecule has 0 spiro atoms. The van der Waals surface area contributed by atoms with E-state index in [1.807, 2.05) is 24.3 Å². The monoisotopic (exact) mass is 332 g/mol. The number of benzene rings is 1. The molecule has 1 aromatic rings. The standard InChI is InChI=1S/C19H25ClN2O/c20-17-3-1-13(2-4-17)11-21-18(23)12-22-19-8-14-5-15(9-19)7-16(6-14)10-19/h1-4,14-16,22H,5-12H2,(H,21,23). The molecular formula is C19H25ClN2O. The van der Waals surface area contributed by atoms with Gasteiger partial charge in [-0.15, -0.1) is 0 Å². The highest BCUT2D eigenvalue weighted by Crippen LogP contribution is 2.55. The smallest absolute Gasteiger partial charge is 0.234 e. The molecule has 4 saturated carbocycles. The first-order valence-electron chi connectivity index (χ1n) is 8.86. The van der Waals surface area contributed by atoms with Crippen LogP contribution in [0.1, 0.15) is 44.1 Å². The van der Waals surface area contributed by atoms with Crippen molar-refractivity contribution in [3.05, 3.63) is 34.9 Å². The van der Waals surface area contributed by atoms with Crippen LogP contribution in [0.3, 0.4) is 0 Å². The molecule has 0 aromatic heterocycles. The van der Waals surface area contributed by atoms with Crippen molar-refractivity contribution in [1.29, 1.82) is 0 Å². The normalized spacial score (nSPS) is 34.6. The highest BCUT2D eigenvalue weighted by atomic mass is 35.5. The van der Waals surface area contributed by atoms with Crippen LogP contribution in [-0.2, 0) is 11.3 Å². The molecule has 1 aromatic carbocycles. The van der Waals surface area contributed by atoms with Crippen molar-refractivity contribution in [2.75, 3.05) is 6.54 Å². The lowest BCUT2D eigenvalue weighted by Gasteiger charge is -2.57. The zero-order chi connectivity index (χ0) is 15.9. The third-order valence-corrected chi connectivity index (χ3v) is 6.32. The molecule has 0 aliphatic heterocycles. The van der Waals surface area contributed by atoms with E-state index < -0.39 is 0 Å². The molecule has 0 saturated heterocycles. The van der Waals surface area contributed by atoms with Gasteiger partial charge in [-0.2, -0.15) is 0 Å². The number of hydrogen-bond acceptors (Lipinski definition) is 2. The summed E-state index contributed by atoms with van der Waals surface area (Å²) in [6, 6.07) is 7.62. The Hall–Kier alpha value is -1.06. The summed E-state index contributed by atoms with van der Waals surface area (Å²) < 4.78 is 0. The summed E-state index contributed by atoms with van der Waals surface area (Å²) in [6.07, 6.45) is 8.15. The molecule has 4 heteroatoms. The Morgan fingerprint density at radius 3 is 2.17 bits per heavy atom. The molecule has 4 aliphatic carbocycles. The molecule has 0 unspecified atom stereocenters. The number of hydrogen-bond donors (Lipinski definition) is 2. The maximum atomic E-state index is 12.2. The van der Waals surface area contributed by atoms with Gasteiger partial charge in [-0.05, 0) is 74.0 Å². The molecule has 3 nitrogen and oxygen atoms in total. The van der Waals surface area contributed by atoms with Gasteiger partial charge < -0.3 is 10.6 Å². The lowest BCUT2D eigenvalue weighted by atomic mass is 9.53. The van der Waals surface area contributed by atoms with Crippen molar-refractivity contribution in [1.82, 2.24) is 10.6 Å². The minimum absolute atomic E-state index is 0.0932. The van der Waals surface area contributed by atoms with Gasteiger partial charge in [-0.1, -0.05) is 23.7 Å². The van der Waals surface area contributed by atoms with Crippen LogP contribution in [0.2, 0.25) is 5.02 Å². The van der Waals surface area contributed by atoms with Gasteiger partial charge in [0, 0.05) is 17.1 Å². The van der Waals surface area contributed by atoms with E-state index in [4.69, 9.17) is 11.6 Å². The molecule has 0 atom stereocenters. The summed E-state index contributed by atoms with van der Waals surface area (Å²) in [4.78, 5) is 12.2. The van der Waals surface area contributed by atoms with Crippen LogP contribution in [0, 0.1) is 17.8 Å². The van der Waals surface area contributed by atoms with Crippen molar-refractivity contribution in [3.63, 3.8) is 0 Å². The zero-order valence-corrected chi connectivity index (χ0v) is 14.2. The maximum Gasteiger partial charge on any atom is 0.234 e. The minimum Gasteiger partial charge on any atom is -0.351 e. The van der Waals surface area contributed by atoms with Crippen molar-refractivity contribution < 1.29 is 4.79 Å². The summed E-state index contributed by atoms with van der Waals surface area (Å²) in [5.74, 6) is 2.82. The molecule has 4 aliphatic rings. The van der Waals surface area contributed by atoms with Gasteiger partial charge >= 0.3 is 0 Å². The molecule has 5 rings (SSSR count). The Kier molecular flexibility index (Phi) is 4.10. The first-order valence-corrected chi connectivity index (χ1v) is 9.24. The number of carbonyl (C=O) groups is 1. The first-order chi connectivity index (χ1) is 11.1. The highest BCUT2D eigenvalue weighted by Gasteiger charge is 2.50. The van der Waals surface area contributed by atoms with Crippen LogP contribution >= 0.6 is 11.6 Å². The predicted octanol–water partition coefficient (Wildman–Crippen LogP) is 3.51. The third kappa shape index (κ3) is 3.41. The van der Waals surface area contributed by atoms with Crippen LogP contribution in [0.15, 0.2) is 24.3 Å². The van der Waals surface area contributed by atoms with Crippen molar-refractivity contribution in [3.8, 4) is 0 Å². The SMILES string of the molecule is O=C(CNC12CC3CC(CC(C3)C1)C2)NCc1ccc(Cl)cc1. The highest BCUT2D eigenvalue weighted by molar-refractivity contribution is 6.30. The Labute approximate surface area is 143 Å². The third-order valence-electron chi connectivity index (χ3n) is 6.07. The minimum atomic E-state index is 0.0932. The molecular weight excluding hydrogens is 308 g/mol. The summed E-state index contributed by atoms with van der Waals surface area (Å²) >= 11 is 5.88. The van der Waals surface area contributed by atoms with E-state index in [1.54, 1.807) is 0 Å². The second-order valence-corrected chi connectivity index (χ2v) is 8.39. The molecule has 2 N–H and O–H groups in total. The number of halogens is 1. The first kappa shape index (κ1) is 15.5. The van der Waals surface area contributed by atoms with Gasteiger partial charge in [-0.3, -0.25) is 4.79 Å². The molecule has 4 fully saturated rings. The van der Waals surface area contributed by atoms with Crippen molar-refractivity contribution in [2.45, 2.75) is 50.6 Å². The maximum absolute atomic E-state index is 12.2. The lowest BCUT2D eigenvalue weighted by Crippen LogP contribution is -2.59. The second kappa shape index (κ2) is 6.10. The summed E-state index contributed by atoms with van der Waals surface area (Å²) in [6.45, 7) is 1.01. The fourth-order valence-electron chi connectivity index (χ4n) is 5.46. The average molecular weight is 333 g/mol. The van der Waals surface area contributed by atoms with E-state index in [0.717, 1.165) is 28.3 Å². The molecule has 0 heterocycles. The topological polar surface area (TPSA) is 41.1 Å². The van der Waals surface area contributed by atoms with Crippen LogP contribution in [0.4, 0.5) is 0 Å². The van der Waals surface area contributed by atoms with E-state index >= 15 is 0 Å². The predicted molar refractivity (Wildman–Crippen MR) is 92.2 cm³/mol. The van der Waals surface area contributed by atoms with Gasteiger partial charge in [-0.25, -0.2) is 0 Å². The molecule has 0 radical (unpaired) electrons. The van der Waals surface area contributed by atoms with Crippen LogP contribution < -0.4 is 10.6 Å². The van der Waals surface area contributed by atoms with Gasteiger partial charge in [0.05, 0.1) is 6.54 Å². The number of nitrogens with one attached hydrogen (secondary N) is 2. The Morgan fingerprint density at radius 2 is 1.61 bits per heavy atom. The van der Waals surface area contributed by atoms with Gasteiger partial charge in [0.1, 0.15) is 0 Å². The fourth-order valence-corrected chi connectivity index (χ4v) is 5.59.